The van der Waals surface area contributed by atoms with Crippen molar-refractivity contribution >= 4 is 17.3 Å². The molecule has 0 amide bonds. The van der Waals surface area contributed by atoms with Crippen molar-refractivity contribution < 1.29 is 9.90 Å². The minimum Gasteiger partial charge on any atom is -0.481 e. The summed E-state index contributed by atoms with van der Waals surface area (Å²) >= 11 is 1.50. The van der Waals surface area contributed by atoms with E-state index < -0.39 is 5.97 Å². The molecular formula is C8H11NO2S. The first kappa shape index (κ1) is 9.22. The van der Waals surface area contributed by atoms with E-state index in [4.69, 9.17) is 5.11 Å². The lowest BCUT2D eigenvalue weighted by molar-refractivity contribution is -0.136. The van der Waals surface area contributed by atoms with Gasteiger partial charge < -0.3 is 10.4 Å². The summed E-state index contributed by atoms with van der Waals surface area (Å²) < 4.78 is 0. The average Bonchev–Trinajstić information content (AvgIpc) is 2.37. The van der Waals surface area contributed by atoms with E-state index in [0.29, 0.717) is 0 Å². The maximum atomic E-state index is 10.4. The highest BCUT2D eigenvalue weighted by atomic mass is 32.1. The fraction of sp³-hybridized carbons (Fsp3) is 0.375. The maximum absolute atomic E-state index is 10.4. The molecule has 1 rings (SSSR count). The Morgan fingerprint density at radius 3 is 3.08 bits per heavy atom. The van der Waals surface area contributed by atoms with Gasteiger partial charge in [-0.25, -0.2) is 0 Å². The molecule has 0 unspecified atom stereocenters. The monoisotopic (exact) mass is 185 g/mol. The molecule has 4 heteroatoms. The van der Waals surface area contributed by atoms with Crippen LogP contribution in [0.5, 0.6) is 0 Å². The van der Waals surface area contributed by atoms with Crippen LogP contribution in [0, 0.1) is 0 Å². The van der Waals surface area contributed by atoms with Crippen LogP contribution in [0.1, 0.15) is 10.4 Å². The average molecular weight is 185 g/mol. The zero-order valence-corrected chi connectivity index (χ0v) is 7.65. The lowest BCUT2D eigenvalue weighted by atomic mass is 10.2. The van der Waals surface area contributed by atoms with Gasteiger partial charge in [0.25, 0.3) is 0 Å². The Kier molecular flexibility index (Phi) is 3.25. The topological polar surface area (TPSA) is 49.3 Å². The van der Waals surface area contributed by atoms with E-state index in [1.54, 1.807) is 0 Å². The maximum Gasteiger partial charge on any atom is 0.308 e. The molecule has 1 aromatic rings. The predicted molar refractivity (Wildman–Crippen MR) is 48.4 cm³/mol. The van der Waals surface area contributed by atoms with Crippen LogP contribution in [-0.2, 0) is 17.8 Å². The van der Waals surface area contributed by atoms with Crippen LogP contribution in [0.2, 0.25) is 0 Å². The first-order valence-corrected chi connectivity index (χ1v) is 4.53. The molecule has 0 saturated carbocycles. The van der Waals surface area contributed by atoms with Gasteiger partial charge in [0.2, 0.25) is 0 Å². The van der Waals surface area contributed by atoms with Crippen LogP contribution in [0.4, 0.5) is 0 Å². The highest BCUT2D eigenvalue weighted by Crippen LogP contribution is 2.16. The Balaban J connectivity index is 2.69. The van der Waals surface area contributed by atoms with Crippen LogP contribution < -0.4 is 5.32 Å². The van der Waals surface area contributed by atoms with Crippen LogP contribution in [-0.4, -0.2) is 18.1 Å². The molecule has 0 radical (unpaired) electrons. The van der Waals surface area contributed by atoms with Gasteiger partial charge in [-0.2, -0.15) is 0 Å². The van der Waals surface area contributed by atoms with Crippen LogP contribution in [0.3, 0.4) is 0 Å². The number of carboxylic acid groups (broad SMARTS) is 1. The molecule has 0 bridgehead atoms. The van der Waals surface area contributed by atoms with E-state index in [1.807, 2.05) is 18.5 Å². The summed E-state index contributed by atoms with van der Waals surface area (Å²) in [7, 11) is 1.85. The minimum absolute atomic E-state index is 0.134. The number of carbonyl (C=O) groups is 1. The second-order valence-corrected chi connectivity index (χ2v) is 3.47. The van der Waals surface area contributed by atoms with Crippen LogP contribution in [0.15, 0.2) is 11.4 Å². The van der Waals surface area contributed by atoms with Crippen molar-refractivity contribution in [3.8, 4) is 0 Å². The van der Waals surface area contributed by atoms with Crippen molar-refractivity contribution in [1.29, 1.82) is 0 Å². The molecule has 0 aliphatic rings. The fourth-order valence-corrected chi connectivity index (χ4v) is 1.90. The number of aliphatic carboxylic acids is 1. The molecule has 0 saturated heterocycles. The van der Waals surface area contributed by atoms with Crippen LogP contribution in [0.25, 0.3) is 0 Å². The van der Waals surface area contributed by atoms with Crippen molar-refractivity contribution in [3.05, 3.63) is 21.9 Å². The fourth-order valence-electron chi connectivity index (χ4n) is 1.01. The summed E-state index contributed by atoms with van der Waals surface area (Å²) in [6, 6.07) is 1.96. The zero-order chi connectivity index (χ0) is 8.97. The van der Waals surface area contributed by atoms with E-state index >= 15 is 0 Å². The Morgan fingerprint density at radius 2 is 2.50 bits per heavy atom. The SMILES string of the molecule is CNCc1ccsc1CC(=O)O. The van der Waals surface area contributed by atoms with Gasteiger partial charge in [0.15, 0.2) is 0 Å². The summed E-state index contributed by atoms with van der Waals surface area (Å²) in [5, 5.41) is 13.5. The van der Waals surface area contributed by atoms with Gasteiger partial charge in [-0.3, -0.25) is 4.79 Å². The molecule has 1 aromatic heterocycles. The molecule has 66 valence electrons. The lowest BCUT2D eigenvalue weighted by Gasteiger charge is -1.99. The van der Waals surface area contributed by atoms with Gasteiger partial charge in [-0.1, -0.05) is 0 Å². The summed E-state index contributed by atoms with van der Waals surface area (Å²) in [5.41, 5.74) is 1.09. The van der Waals surface area contributed by atoms with Crippen molar-refractivity contribution in [2.24, 2.45) is 0 Å². The Bertz CT molecular complexity index is 270. The largest absolute Gasteiger partial charge is 0.481 e. The van der Waals surface area contributed by atoms with E-state index in [9.17, 15) is 4.79 Å². The molecular weight excluding hydrogens is 174 g/mol. The normalized spacial score (nSPS) is 10.1. The molecule has 3 nitrogen and oxygen atoms in total. The second kappa shape index (κ2) is 4.23. The molecule has 0 aromatic carbocycles. The number of hydrogen-bond donors (Lipinski definition) is 2. The Morgan fingerprint density at radius 1 is 1.75 bits per heavy atom. The third-order valence-corrected chi connectivity index (χ3v) is 2.48. The minimum atomic E-state index is -0.769. The number of nitrogens with one attached hydrogen (secondary N) is 1. The second-order valence-electron chi connectivity index (χ2n) is 2.47. The molecule has 12 heavy (non-hydrogen) atoms. The summed E-state index contributed by atoms with van der Waals surface area (Å²) in [6.07, 6.45) is 0.134. The highest BCUT2D eigenvalue weighted by Gasteiger charge is 2.06. The Labute approximate surface area is 75.0 Å². The molecule has 2 N–H and O–H groups in total. The molecule has 0 aliphatic heterocycles. The van der Waals surface area contributed by atoms with Gasteiger partial charge in [0, 0.05) is 11.4 Å². The van der Waals surface area contributed by atoms with E-state index in [1.165, 1.54) is 11.3 Å². The van der Waals surface area contributed by atoms with Crippen molar-refractivity contribution in [3.63, 3.8) is 0 Å². The van der Waals surface area contributed by atoms with Gasteiger partial charge in [-0.05, 0) is 24.1 Å². The Hall–Kier alpha value is -0.870. The molecule has 0 spiro atoms. The first-order valence-electron chi connectivity index (χ1n) is 3.65. The zero-order valence-electron chi connectivity index (χ0n) is 6.83. The first-order chi connectivity index (χ1) is 5.74. The predicted octanol–water partition coefficient (Wildman–Crippen LogP) is 1.09. The van der Waals surface area contributed by atoms with E-state index in [-0.39, 0.29) is 6.42 Å². The molecule has 0 aliphatic carbocycles. The molecule has 0 fully saturated rings. The van der Waals surface area contributed by atoms with Gasteiger partial charge in [0.05, 0.1) is 6.42 Å². The third kappa shape index (κ3) is 2.32. The summed E-state index contributed by atoms with van der Waals surface area (Å²) in [4.78, 5) is 11.4. The smallest absolute Gasteiger partial charge is 0.308 e. The van der Waals surface area contributed by atoms with Crippen molar-refractivity contribution in [2.45, 2.75) is 13.0 Å². The number of carboxylic acids is 1. The van der Waals surface area contributed by atoms with Crippen molar-refractivity contribution in [1.82, 2.24) is 5.32 Å². The quantitative estimate of drug-likeness (QED) is 0.738. The number of thiophene rings is 1. The summed E-state index contributed by atoms with van der Waals surface area (Å²) in [5.74, 6) is -0.769. The lowest BCUT2D eigenvalue weighted by Crippen LogP contribution is -2.07. The van der Waals surface area contributed by atoms with E-state index in [0.717, 1.165) is 17.0 Å². The van der Waals surface area contributed by atoms with E-state index in [2.05, 4.69) is 5.32 Å². The standard InChI is InChI=1S/C8H11NO2S/c1-9-5-6-2-3-12-7(6)4-8(10)11/h2-3,9H,4-5H2,1H3,(H,10,11). The molecule has 0 atom stereocenters. The van der Waals surface area contributed by atoms with Gasteiger partial charge >= 0.3 is 5.97 Å². The van der Waals surface area contributed by atoms with Gasteiger partial charge in [0.1, 0.15) is 0 Å². The number of hydrogen-bond acceptors (Lipinski definition) is 3. The summed E-state index contributed by atoms with van der Waals surface area (Å²) in [6.45, 7) is 0.742. The van der Waals surface area contributed by atoms with Crippen LogP contribution >= 0.6 is 11.3 Å². The van der Waals surface area contributed by atoms with Crippen molar-refractivity contribution in [2.75, 3.05) is 7.05 Å². The third-order valence-electron chi connectivity index (χ3n) is 1.52. The van der Waals surface area contributed by atoms with Gasteiger partial charge in [-0.15, -0.1) is 11.3 Å². The highest BCUT2D eigenvalue weighted by molar-refractivity contribution is 7.10. The number of rotatable bonds is 4. The molecule has 1 heterocycles.